The molecule has 0 aromatic heterocycles. The van der Waals surface area contributed by atoms with Gasteiger partial charge in [0.15, 0.2) is 0 Å². The van der Waals surface area contributed by atoms with Gasteiger partial charge in [-0.15, -0.1) is 0 Å². The van der Waals surface area contributed by atoms with Crippen LogP contribution < -0.4 is 0 Å². The predicted octanol–water partition coefficient (Wildman–Crippen LogP) is 7.80. The number of carbonyl (C=O) groups is 1. The van der Waals surface area contributed by atoms with Crippen molar-refractivity contribution in [2.24, 2.45) is 0 Å². The highest BCUT2D eigenvalue weighted by atomic mass is 16.5. The molecule has 149 valence electrons. The lowest BCUT2D eigenvalue weighted by molar-refractivity contribution is -0.143. The van der Waals surface area contributed by atoms with Crippen LogP contribution in [-0.2, 0) is 9.53 Å². The van der Waals surface area contributed by atoms with Crippen molar-refractivity contribution in [1.82, 2.24) is 0 Å². The van der Waals surface area contributed by atoms with Crippen LogP contribution in [0, 0.1) is 6.92 Å². The molecule has 2 nitrogen and oxygen atoms in total. The van der Waals surface area contributed by atoms with E-state index in [2.05, 4.69) is 13.8 Å². The number of hydrogen-bond donors (Lipinski definition) is 0. The van der Waals surface area contributed by atoms with Gasteiger partial charge in [-0.25, -0.2) is 0 Å². The summed E-state index contributed by atoms with van der Waals surface area (Å²) in [6, 6.07) is 0. The van der Waals surface area contributed by atoms with Crippen LogP contribution in [0.2, 0.25) is 0 Å². The van der Waals surface area contributed by atoms with Crippen molar-refractivity contribution in [2.75, 3.05) is 6.61 Å². The van der Waals surface area contributed by atoms with E-state index in [1.165, 1.54) is 96.3 Å². The Labute approximate surface area is 158 Å². The Kier molecular flexibility index (Phi) is 21.1. The molecule has 0 aliphatic carbocycles. The highest BCUT2D eigenvalue weighted by Crippen LogP contribution is 2.12. The van der Waals surface area contributed by atoms with Crippen LogP contribution in [0.15, 0.2) is 0 Å². The molecule has 0 aromatic rings. The van der Waals surface area contributed by atoms with Gasteiger partial charge in [0.05, 0.1) is 6.61 Å². The van der Waals surface area contributed by atoms with Crippen LogP contribution in [0.3, 0.4) is 0 Å². The van der Waals surface area contributed by atoms with Gasteiger partial charge >= 0.3 is 5.97 Å². The van der Waals surface area contributed by atoms with E-state index in [1.54, 1.807) is 0 Å². The molecule has 0 unspecified atom stereocenters. The number of rotatable bonds is 20. The van der Waals surface area contributed by atoms with Crippen molar-refractivity contribution < 1.29 is 9.53 Å². The Morgan fingerprint density at radius 3 is 1.60 bits per heavy atom. The molecule has 25 heavy (non-hydrogen) atoms. The van der Waals surface area contributed by atoms with Gasteiger partial charge in [-0.3, -0.25) is 4.79 Å². The molecule has 0 amide bonds. The smallest absolute Gasteiger partial charge is 0.305 e. The molecule has 0 heterocycles. The largest absolute Gasteiger partial charge is 0.466 e. The maximum absolute atomic E-state index is 11.7. The first-order valence-electron chi connectivity index (χ1n) is 11.3. The van der Waals surface area contributed by atoms with E-state index in [0.717, 1.165) is 19.3 Å². The van der Waals surface area contributed by atoms with Crippen LogP contribution in [0.1, 0.15) is 129 Å². The van der Waals surface area contributed by atoms with Gasteiger partial charge in [0, 0.05) is 6.42 Å². The van der Waals surface area contributed by atoms with Crippen LogP contribution in [-0.4, -0.2) is 12.6 Å². The number of unbranched alkanes of at least 4 members (excludes halogenated alkanes) is 16. The third kappa shape index (κ3) is 21.4. The van der Waals surface area contributed by atoms with E-state index in [4.69, 9.17) is 4.74 Å². The first-order valence-corrected chi connectivity index (χ1v) is 11.3. The van der Waals surface area contributed by atoms with E-state index >= 15 is 0 Å². The molecule has 1 radical (unpaired) electrons. The average molecular weight is 354 g/mol. The zero-order valence-electron chi connectivity index (χ0n) is 17.2. The predicted molar refractivity (Wildman–Crippen MR) is 110 cm³/mol. The Hall–Kier alpha value is -0.530. The van der Waals surface area contributed by atoms with Crippen molar-refractivity contribution in [1.29, 1.82) is 0 Å². The first-order chi connectivity index (χ1) is 12.3. The lowest BCUT2D eigenvalue weighted by Crippen LogP contribution is -2.05. The van der Waals surface area contributed by atoms with Crippen molar-refractivity contribution in [3.63, 3.8) is 0 Å². The van der Waals surface area contributed by atoms with Crippen LogP contribution in [0.5, 0.6) is 0 Å². The summed E-state index contributed by atoms with van der Waals surface area (Å²) >= 11 is 0. The number of hydrogen-bond acceptors (Lipinski definition) is 2. The summed E-state index contributed by atoms with van der Waals surface area (Å²) in [5.74, 6) is 0.0103. The number of ether oxygens (including phenoxy) is 1. The Morgan fingerprint density at radius 2 is 1.08 bits per heavy atom. The fourth-order valence-corrected chi connectivity index (χ4v) is 3.18. The molecule has 0 saturated heterocycles. The van der Waals surface area contributed by atoms with Gasteiger partial charge in [-0.05, 0) is 12.8 Å². The molecule has 0 atom stereocenters. The summed E-state index contributed by atoms with van der Waals surface area (Å²) in [5, 5.41) is 0. The Morgan fingerprint density at radius 1 is 0.640 bits per heavy atom. The van der Waals surface area contributed by atoms with Crippen molar-refractivity contribution >= 4 is 5.97 Å². The van der Waals surface area contributed by atoms with Crippen LogP contribution >= 0.6 is 0 Å². The van der Waals surface area contributed by atoms with Gasteiger partial charge in [-0.1, -0.05) is 117 Å². The summed E-state index contributed by atoms with van der Waals surface area (Å²) in [4.78, 5) is 11.7. The lowest BCUT2D eigenvalue weighted by atomic mass is 10.1. The van der Waals surface area contributed by atoms with Crippen molar-refractivity contribution in [3.05, 3.63) is 6.92 Å². The van der Waals surface area contributed by atoms with Gasteiger partial charge in [0.25, 0.3) is 0 Å². The highest BCUT2D eigenvalue weighted by Gasteiger charge is 2.02. The van der Waals surface area contributed by atoms with E-state index in [9.17, 15) is 4.79 Å². The number of carbonyl (C=O) groups excluding carboxylic acids is 1. The second-order valence-electron chi connectivity index (χ2n) is 7.48. The van der Waals surface area contributed by atoms with Crippen LogP contribution in [0.25, 0.3) is 0 Å². The first kappa shape index (κ1) is 24.5. The Balaban J connectivity index is 3.13. The van der Waals surface area contributed by atoms with E-state index < -0.39 is 0 Å². The molecular weight excluding hydrogens is 308 g/mol. The molecular formula is C23H45O2. The topological polar surface area (TPSA) is 26.3 Å². The van der Waals surface area contributed by atoms with Crippen molar-refractivity contribution in [3.8, 4) is 0 Å². The van der Waals surface area contributed by atoms with E-state index in [-0.39, 0.29) is 5.97 Å². The molecule has 0 rings (SSSR count). The normalized spacial score (nSPS) is 11.0. The summed E-state index contributed by atoms with van der Waals surface area (Å²) in [6.07, 6.45) is 23.4. The van der Waals surface area contributed by atoms with Crippen molar-refractivity contribution in [2.45, 2.75) is 129 Å². The van der Waals surface area contributed by atoms with Gasteiger partial charge in [0.2, 0.25) is 0 Å². The molecule has 0 bridgehead atoms. The minimum atomic E-state index is 0.0103. The monoisotopic (exact) mass is 353 g/mol. The molecule has 2 heteroatoms. The SMILES string of the molecule is [CH2]CCCCCCCCCCCC(=O)OCCCCCCCCCC. The summed E-state index contributed by atoms with van der Waals surface area (Å²) in [5.41, 5.74) is 0. The van der Waals surface area contributed by atoms with E-state index in [0.29, 0.717) is 13.0 Å². The van der Waals surface area contributed by atoms with Gasteiger partial charge in [0.1, 0.15) is 0 Å². The lowest BCUT2D eigenvalue weighted by Gasteiger charge is -2.05. The highest BCUT2D eigenvalue weighted by molar-refractivity contribution is 5.69. The maximum Gasteiger partial charge on any atom is 0.305 e. The molecule has 0 aliphatic rings. The third-order valence-corrected chi connectivity index (χ3v) is 4.89. The molecule has 0 N–H and O–H groups in total. The molecule has 0 fully saturated rings. The summed E-state index contributed by atoms with van der Waals surface area (Å²) in [7, 11) is 0. The Bertz CT molecular complexity index is 263. The summed E-state index contributed by atoms with van der Waals surface area (Å²) in [6.45, 7) is 6.75. The van der Waals surface area contributed by atoms with Gasteiger partial charge < -0.3 is 4.74 Å². The molecule has 0 saturated carbocycles. The van der Waals surface area contributed by atoms with Gasteiger partial charge in [-0.2, -0.15) is 0 Å². The molecule has 0 aliphatic heterocycles. The standard InChI is InChI=1S/C23H45O2/c1-3-5-7-9-11-13-14-15-17-19-21-23(24)25-22-20-18-16-12-10-8-6-4-2/h1,3-22H2,2H3. The second-order valence-corrected chi connectivity index (χ2v) is 7.48. The quantitative estimate of drug-likeness (QED) is 0.165. The zero-order chi connectivity index (χ0) is 18.4. The second kappa shape index (κ2) is 21.5. The third-order valence-electron chi connectivity index (χ3n) is 4.89. The number of esters is 1. The molecule has 0 spiro atoms. The van der Waals surface area contributed by atoms with E-state index in [1.807, 2.05) is 0 Å². The average Bonchev–Trinajstić information content (AvgIpc) is 2.62. The van der Waals surface area contributed by atoms with Crippen LogP contribution in [0.4, 0.5) is 0 Å². The minimum absolute atomic E-state index is 0.0103. The fraction of sp³-hybridized carbons (Fsp3) is 0.913. The minimum Gasteiger partial charge on any atom is -0.466 e. The maximum atomic E-state index is 11.7. The zero-order valence-corrected chi connectivity index (χ0v) is 17.2. The fourth-order valence-electron chi connectivity index (χ4n) is 3.18. The summed E-state index contributed by atoms with van der Waals surface area (Å²) < 4.78 is 5.33. The molecule has 0 aromatic carbocycles.